The highest BCUT2D eigenvalue weighted by Gasteiger charge is 2.05. The second-order valence-electron chi connectivity index (χ2n) is 4.34. The molecule has 1 aromatic rings. The van der Waals surface area contributed by atoms with E-state index in [-0.39, 0.29) is 0 Å². The van der Waals surface area contributed by atoms with Gasteiger partial charge in [-0.25, -0.2) is 4.98 Å². The van der Waals surface area contributed by atoms with Crippen LogP contribution >= 0.6 is 11.3 Å². The van der Waals surface area contributed by atoms with Gasteiger partial charge in [-0.2, -0.15) is 0 Å². The summed E-state index contributed by atoms with van der Waals surface area (Å²) in [5.74, 6) is 0.724. The maximum atomic E-state index is 5.53. The second kappa shape index (κ2) is 7.76. The van der Waals surface area contributed by atoms with Crippen molar-refractivity contribution in [1.29, 1.82) is 0 Å². The first-order valence-corrected chi connectivity index (χ1v) is 6.78. The molecule has 0 radical (unpaired) electrons. The molecule has 1 aromatic heterocycles. The molecule has 0 aliphatic rings. The Labute approximate surface area is 102 Å². The Morgan fingerprint density at radius 1 is 1.38 bits per heavy atom. The van der Waals surface area contributed by atoms with E-state index in [9.17, 15) is 0 Å². The Morgan fingerprint density at radius 2 is 2.19 bits per heavy atom. The molecule has 0 saturated heterocycles. The number of hydrogen-bond acceptors (Lipinski definition) is 4. The van der Waals surface area contributed by atoms with Crippen LogP contribution in [0.3, 0.4) is 0 Å². The summed E-state index contributed by atoms with van der Waals surface area (Å²) in [5.41, 5.74) is 0. The smallest absolute Gasteiger partial charge is 0.109 e. The van der Waals surface area contributed by atoms with Gasteiger partial charge in [0.1, 0.15) is 5.01 Å². The Bertz CT molecular complexity index is 262. The van der Waals surface area contributed by atoms with Crippen LogP contribution in [0.4, 0.5) is 0 Å². The van der Waals surface area contributed by atoms with E-state index in [0.717, 1.165) is 37.1 Å². The zero-order chi connectivity index (χ0) is 11.8. The van der Waals surface area contributed by atoms with Crippen LogP contribution in [0.5, 0.6) is 0 Å². The van der Waals surface area contributed by atoms with Gasteiger partial charge in [0.05, 0.1) is 12.6 Å². The van der Waals surface area contributed by atoms with Crippen molar-refractivity contribution in [1.82, 2.24) is 10.3 Å². The number of aromatic nitrogens is 1. The van der Waals surface area contributed by atoms with E-state index in [0.29, 0.717) is 6.04 Å². The van der Waals surface area contributed by atoms with Crippen molar-refractivity contribution in [2.45, 2.75) is 33.2 Å². The first-order valence-electron chi connectivity index (χ1n) is 5.90. The van der Waals surface area contributed by atoms with Crippen molar-refractivity contribution < 1.29 is 4.74 Å². The monoisotopic (exact) mass is 242 g/mol. The molecular weight excluding hydrogens is 220 g/mol. The van der Waals surface area contributed by atoms with E-state index in [1.54, 1.807) is 11.3 Å². The zero-order valence-electron chi connectivity index (χ0n) is 10.4. The zero-order valence-corrected chi connectivity index (χ0v) is 11.2. The minimum atomic E-state index is 0.327. The third-order valence-corrected chi connectivity index (χ3v) is 3.32. The summed E-state index contributed by atoms with van der Waals surface area (Å²) in [4.78, 5) is 4.27. The number of nitrogens with one attached hydrogen (secondary N) is 1. The molecular formula is C12H22N2OS. The van der Waals surface area contributed by atoms with Gasteiger partial charge < -0.3 is 10.1 Å². The maximum Gasteiger partial charge on any atom is 0.109 e. The molecule has 1 atom stereocenters. The highest BCUT2D eigenvalue weighted by molar-refractivity contribution is 7.09. The van der Waals surface area contributed by atoms with E-state index in [4.69, 9.17) is 4.74 Å². The molecule has 0 fully saturated rings. The highest BCUT2D eigenvalue weighted by atomic mass is 32.1. The van der Waals surface area contributed by atoms with E-state index in [2.05, 4.69) is 31.1 Å². The summed E-state index contributed by atoms with van der Waals surface area (Å²) in [7, 11) is 0. The topological polar surface area (TPSA) is 34.1 Å². The minimum Gasteiger partial charge on any atom is -0.380 e. The van der Waals surface area contributed by atoms with Crippen molar-refractivity contribution in [2.75, 3.05) is 19.8 Å². The number of hydrogen-bond donors (Lipinski definition) is 1. The van der Waals surface area contributed by atoms with E-state index < -0.39 is 0 Å². The molecule has 0 spiro atoms. The van der Waals surface area contributed by atoms with Gasteiger partial charge >= 0.3 is 0 Å². The SMILES string of the molecule is CC(C)CCOCCNC(C)c1nccs1. The lowest BCUT2D eigenvalue weighted by atomic mass is 10.1. The molecule has 0 aliphatic heterocycles. The van der Waals surface area contributed by atoms with Gasteiger partial charge in [0.2, 0.25) is 0 Å². The van der Waals surface area contributed by atoms with E-state index in [1.165, 1.54) is 0 Å². The summed E-state index contributed by atoms with van der Waals surface area (Å²) in [6.07, 6.45) is 2.99. The third kappa shape index (κ3) is 5.58. The van der Waals surface area contributed by atoms with Gasteiger partial charge in [0.25, 0.3) is 0 Å². The third-order valence-electron chi connectivity index (χ3n) is 2.36. The Morgan fingerprint density at radius 3 is 2.81 bits per heavy atom. The van der Waals surface area contributed by atoms with Crippen LogP contribution in [0.1, 0.15) is 38.2 Å². The summed E-state index contributed by atoms with van der Waals surface area (Å²) < 4.78 is 5.53. The van der Waals surface area contributed by atoms with Crippen LogP contribution in [-0.4, -0.2) is 24.7 Å². The predicted octanol–water partition coefficient (Wildman–Crippen LogP) is 2.86. The number of thiazole rings is 1. The van der Waals surface area contributed by atoms with Gasteiger partial charge in [-0.3, -0.25) is 0 Å². The van der Waals surface area contributed by atoms with Crippen LogP contribution < -0.4 is 5.32 Å². The average molecular weight is 242 g/mol. The summed E-state index contributed by atoms with van der Waals surface area (Å²) >= 11 is 1.69. The van der Waals surface area contributed by atoms with Gasteiger partial charge in [0.15, 0.2) is 0 Å². The molecule has 16 heavy (non-hydrogen) atoms. The molecule has 92 valence electrons. The van der Waals surface area contributed by atoms with Crippen LogP contribution in [-0.2, 0) is 4.74 Å². The molecule has 0 aromatic carbocycles. The highest BCUT2D eigenvalue weighted by Crippen LogP contribution is 2.13. The molecule has 1 heterocycles. The van der Waals surface area contributed by atoms with Crippen molar-refractivity contribution in [3.63, 3.8) is 0 Å². The van der Waals surface area contributed by atoms with Crippen LogP contribution in [0.2, 0.25) is 0 Å². The summed E-state index contributed by atoms with van der Waals surface area (Å²) in [6, 6.07) is 0.327. The van der Waals surface area contributed by atoms with Crippen LogP contribution in [0.15, 0.2) is 11.6 Å². The van der Waals surface area contributed by atoms with Gasteiger partial charge in [-0.1, -0.05) is 13.8 Å². The average Bonchev–Trinajstić information content (AvgIpc) is 2.75. The van der Waals surface area contributed by atoms with Crippen molar-refractivity contribution in [3.05, 3.63) is 16.6 Å². The van der Waals surface area contributed by atoms with E-state index >= 15 is 0 Å². The number of nitrogens with zero attached hydrogens (tertiary/aromatic N) is 1. The molecule has 1 unspecified atom stereocenters. The second-order valence-corrected chi connectivity index (χ2v) is 5.27. The normalized spacial score (nSPS) is 13.2. The van der Waals surface area contributed by atoms with Crippen molar-refractivity contribution in [2.24, 2.45) is 5.92 Å². The summed E-state index contributed by atoms with van der Waals surface area (Å²) in [6.45, 7) is 9.09. The molecule has 0 saturated carbocycles. The van der Waals surface area contributed by atoms with Crippen molar-refractivity contribution >= 4 is 11.3 Å². The number of rotatable bonds is 8. The molecule has 4 heteroatoms. The summed E-state index contributed by atoms with van der Waals surface area (Å²) in [5, 5.41) is 6.54. The lowest BCUT2D eigenvalue weighted by molar-refractivity contribution is 0.123. The first kappa shape index (κ1) is 13.6. The fourth-order valence-corrected chi connectivity index (χ4v) is 1.97. The maximum absolute atomic E-state index is 5.53. The van der Waals surface area contributed by atoms with Gasteiger partial charge in [-0.05, 0) is 19.3 Å². The molecule has 1 N–H and O–H groups in total. The van der Waals surface area contributed by atoms with Crippen LogP contribution in [0, 0.1) is 5.92 Å². The molecule has 0 amide bonds. The van der Waals surface area contributed by atoms with Crippen molar-refractivity contribution in [3.8, 4) is 0 Å². The lowest BCUT2D eigenvalue weighted by Gasteiger charge is -2.11. The Hall–Kier alpha value is -0.450. The minimum absolute atomic E-state index is 0.327. The predicted molar refractivity (Wildman–Crippen MR) is 68.8 cm³/mol. The van der Waals surface area contributed by atoms with Crippen LogP contribution in [0.25, 0.3) is 0 Å². The Balaban J connectivity index is 1.99. The quantitative estimate of drug-likeness (QED) is 0.712. The Kier molecular flexibility index (Phi) is 6.61. The van der Waals surface area contributed by atoms with E-state index in [1.807, 2.05) is 11.6 Å². The molecule has 0 aliphatic carbocycles. The molecule has 3 nitrogen and oxygen atoms in total. The molecule has 0 bridgehead atoms. The lowest BCUT2D eigenvalue weighted by Crippen LogP contribution is -2.23. The molecule has 1 rings (SSSR count). The number of ether oxygens (including phenoxy) is 1. The van der Waals surface area contributed by atoms with Gasteiger partial charge in [-0.15, -0.1) is 11.3 Å². The largest absolute Gasteiger partial charge is 0.380 e. The fourth-order valence-electron chi connectivity index (χ4n) is 1.30. The standard InChI is InChI=1S/C12H22N2OS/c1-10(2)4-7-15-8-5-13-11(3)12-14-6-9-16-12/h6,9-11,13H,4-5,7-8H2,1-3H3. The van der Waals surface area contributed by atoms with Gasteiger partial charge in [0, 0.05) is 24.7 Å². The first-order chi connectivity index (χ1) is 7.70. The fraction of sp³-hybridized carbons (Fsp3) is 0.750.